The highest BCUT2D eigenvalue weighted by molar-refractivity contribution is 5.96. The molecule has 1 aromatic rings. The third-order valence-electron chi connectivity index (χ3n) is 4.06. The van der Waals surface area contributed by atoms with Gasteiger partial charge in [-0.1, -0.05) is 13.8 Å². The first-order valence-corrected chi connectivity index (χ1v) is 7.73. The summed E-state index contributed by atoms with van der Waals surface area (Å²) in [5.41, 5.74) is 1.58. The van der Waals surface area contributed by atoms with Gasteiger partial charge in [0.15, 0.2) is 0 Å². The van der Waals surface area contributed by atoms with Crippen LogP contribution < -0.4 is 15.5 Å². The minimum Gasteiger partial charge on any atom is -0.353 e. The number of carbonyl (C=O) groups is 1. The fraction of sp³-hybridized carbons (Fsp3) is 0.667. The largest absolute Gasteiger partial charge is 0.353 e. The summed E-state index contributed by atoms with van der Waals surface area (Å²) in [6, 6.07) is 0.435. The van der Waals surface area contributed by atoms with Crippen molar-refractivity contribution in [1.29, 1.82) is 0 Å². The standard InChI is InChI=1S/C15H23N5O/c1-9(2)13-18-12-11(4-5-17-15(12)21)14(19-13)20-7-6-16-10(3)8-20/h9-10,16H,4-8H2,1-3H3,(H,17,21)/t10-/m1/s1. The van der Waals surface area contributed by atoms with Crippen molar-refractivity contribution < 1.29 is 4.79 Å². The molecule has 2 N–H and O–H groups in total. The number of piperazine rings is 1. The maximum absolute atomic E-state index is 12.1. The number of amides is 1. The summed E-state index contributed by atoms with van der Waals surface area (Å²) in [7, 11) is 0. The van der Waals surface area contributed by atoms with Crippen molar-refractivity contribution >= 4 is 11.7 Å². The van der Waals surface area contributed by atoms with E-state index in [0.29, 0.717) is 18.3 Å². The average molecular weight is 289 g/mol. The molecule has 0 aliphatic carbocycles. The molecule has 6 heteroatoms. The quantitative estimate of drug-likeness (QED) is 0.838. The number of rotatable bonds is 2. The van der Waals surface area contributed by atoms with Crippen LogP contribution in [0.15, 0.2) is 0 Å². The van der Waals surface area contributed by atoms with Crippen molar-refractivity contribution in [3.05, 3.63) is 17.1 Å². The van der Waals surface area contributed by atoms with Gasteiger partial charge in [-0.15, -0.1) is 0 Å². The summed E-state index contributed by atoms with van der Waals surface area (Å²) in [6.07, 6.45) is 0.813. The Hall–Kier alpha value is -1.69. The molecular weight excluding hydrogens is 266 g/mol. The molecule has 1 atom stereocenters. The average Bonchev–Trinajstić information content (AvgIpc) is 2.46. The Morgan fingerprint density at radius 2 is 2.10 bits per heavy atom. The molecule has 1 aromatic heterocycles. The van der Waals surface area contributed by atoms with Crippen molar-refractivity contribution in [1.82, 2.24) is 20.6 Å². The van der Waals surface area contributed by atoms with Crippen LogP contribution in [0.3, 0.4) is 0 Å². The zero-order valence-electron chi connectivity index (χ0n) is 12.9. The van der Waals surface area contributed by atoms with Gasteiger partial charge in [-0.05, 0) is 13.3 Å². The Balaban J connectivity index is 2.07. The van der Waals surface area contributed by atoms with E-state index in [1.165, 1.54) is 0 Å². The predicted molar refractivity (Wildman–Crippen MR) is 81.8 cm³/mol. The molecule has 1 fully saturated rings. The van der Waals surface area contributed by atoms with Crippen LogP contribution >= 0.6 is 0 Å². The van der Waals surface area contributed by atoms with Crippen LogP contribution in [-0.4, -0.2) is 48.1 Å². The molecule has 21 heavy (non-hydrogen) atoms. The van der Waals surface area contributed by atoms with Gasteiger partial charge in [-0.25, -0.2) is 9.97 Å². The molecule has 0 saturated carbocycles. The number of hydrogen-bond donors (Lipinski definition) is 2. The van der Waals surface area contributed by atoms with E-state index in [0.717, 1.165) is 43.3 Å². The number of anilines is 1. The van der Waals surface area contributed by atoms with Gasteiger partial charge in [0.25, 0.3) is 5.91 Å². The molecule has 3 heterocycles. The maximum atomic E-state index is 12.1. The van der Waals surface area contributed by atoms with Crippen LogP contribution in [0, 0.1) is 0 Å². The lowest BCUT2D eigenvalue weighted by Gasteiger charge is -2.35. The summed E-state index contributed by atoms with van der Waals surface area (Å²) < 4.78 is 0. The lowest BCUT2D eigenvalue weighted by Crippen LogP contribution is -2.50. The van der Waals surface area contributed by atoms with E-state index in [2.05, 4.69) is 41.3 Å². The van der Waals surface area contributed by atoms with Crippen molar-refractivity contribution in [2.24, 2.45) is 0 Å². The molecule has 2 aliphatic rings. The van der Waals surface area contributed by atoms with E-state index in [1.807, 2.05) is 0 Å². The van der Waals surface area contributed by atoms with Crippen LogP contribution in [0.4, 0.5) is 5.82 Å². The number of fused-ring (bicyclic) bond motifs is 1. The molecule has 0 spiro atoms. The molecule has 1 amide bonds. The van der Waals surface area contributed by atoms with Gasteiger partial charge >= 0.3 is 0 Å². The molecule has 0 aromatic carbocycles. The van der Waals surface area contributed by atoms with Crippen LogP contribution in [0.5, 0.6) is 0 Å². The zero-order valence-corrected chi connectivity index (χ0v) is 12.9. The number of nitrogens with zero attached hydrogens (tertiary/aromatic N) is 3. The van der Waals surface area contributed by atoms with E-state index in [-0.39, 0.29) is 11.8 Å². The number of hydrogen-bond acceptors (Lipinski definition) is 5. The summed E-state index contributed by atoms with van der Waals surface area (Å²) in [5.74, 6) is 1.87. The van der Waals surface area contributed by atoms with Gasteiger partial charge in [-0.2, -0.15) is 0 Å². The SMILES string of the molecule is CC(C)c1nc2c(c(N3CCN[C@H](C)C3)n1)CCNC2=O. The second kappa shape index (κ2) is 5.60. The van der Waals surface area contributed by atoms with Gasteiger partial charge in [0.2, 0.25) is 0 Å². The van der Waals surface area contributed by atoms with Crippen LogP contribution in [0.1, 0.15) is 48.6 Å². The van der Waals surface area contributed by atoms with E-state index in [9.17, 15) is 4.79 Å². The van der Waals surface area contributed by atoms with E-state index >= 15 is 0 Å². The molecule has 0 bridgehead atoms. The number of aromatic nitrogens is 2. The van der Waals surface area contributed by atoms with E-state index in [1.54, 1.807) is 0 Å². The van der Waals surface area contributed by atoms with Gasteiger partial charge in [0.05, 0.1) is 0 Å². The second-order valence-corrected chi connectivity index (χ2v) is 6.19. The molecule has 3 rings (SSSR count). The van der Waals surface area contributed by atoms with Crippen LogP contribution in [-0.2, 0) is 6.42 Å². The topological polar surface area (TPSA) is 70.2 Å². The first kappa shape index (κ1) is 14.3. The molecule has 0 radical (unpaired) electrons. The summed E-state index contributed by atoms with van der Waals surface area (Å²) >= 11 is 0. The van der Waals surface area contributed by atoms with Crippen molar-refractivity contribution in [2.45, 2.75) is 39.2 Å². The second-order valence-electron chi connectivity index (χ2n) is 6.19. The Morgan fingerprint density at radius 1 is 1.29 bits per heavy atom. The smallest absolute Gasteiger partial charge is 0.270 e. The molecular formula is C15H23N5O. The first-order chi connectivity index (χ1) is 10.1. The Labute approximate surface area is 125 Å². The van der Waals surface area contributed by atoms with Crippen molar-refractivity contribution in [3.63, 3.8) is 0 Å². The molecule has 114 valence electrons. The molecule has 6 nitrogen and oxygen atoms in total. The van der Waals surface area contributed by atoms with Crippen molar-refractivity contribution in [3.8, 4) is 0 Å². The van der Waals surface area contributed by atoms with E-state index < -0.39 is 0 Å². The first-order valence-electron chi connectivity index (χ1n) is 7.73. The van der Waals surface area contributed by atoms with Gasteiger partial charge in [-0.3, -0.25) is 4.79 Å². The summed E-state index contributed by atoms with van der Waals surface area (Å²) in [4.78, 5) is 23.7. The Kier molecular flexibility index (Phi) is 3.80. The van der Waals surface area contributed by atoms with Gasteiger partial charge in [0.1, 0.15) is 17.3 Å². The third kappa shape index (κ3) is 2.72. The lowest BCUT2D eigenvalue weighted by molar-refractivity contribution is 0.0940. The van der Waals surface area contributed by atoms with Gasteiger partial charge in [0, 0.05) is 43.7 Å². The van der Waals surface area contributed by atoms with Gasteiger partial charge < -0.3 is 15.5 Å². The highest BCUT2D eigenvalue weighted by Crippen LogP contribution is 2.26. The fourth-order valence-corrected chi connectivity index (χ4v) is 2.94. The summed E-state index contributed by atoms with van der Waals surface area (Å²) in [5, 5.41) is 6.33. The highest BCUT2D eigenvalue weighted by Gasteiger charge is 2.28. The van der Waals surface area contributed by atoms with Crippen LogP contribution in [0.2, 0.25) is 0 Å². The molecule has 0 unspecified atom stereocenters. The van der Waals surface area contributed by atoms with Crippen molar-refractivity contribution in [2.75, 3.05) is 31.1 Å². The third-order valence-corrected chi connectivity index (χ3v) is 4.06. The minimum atomic E-state index is -0.0648. The number of nitrogens with one attached hydrogen (secondary N) is 2. The number of carbonyl (C=O) groups excluding carboxylic acids is 1. The Bertz CT molecular complexity index is 557. The maximum Gasteiger partial charge on any atom is 0.270 e. The minimum absolute atomic E-state index is 0.0648. The van der Waals surface area contributed by atoms with E-state index in [4.69, 9.17) is 4.98 Å². The zero-order chi connectivity index (χ0) is 15.0. The van der Waals surface area contributed by atoms with Crippen LogP contribution in [0.25, 0.3) is 0 Å². The highest BCUT2D eigenvalue weighted by atomic mass is 16.1. The lowest BCUT2D eigenvalue weighted by atomic mass is 10.0. The Morgan fingerprint density at radius 3 is 2.81 bits per heavy atom. The fourth-order valence-electron chi connectivity index (χ4n) is 2.94. The molecule has 1 saturated heterocycles. The summed E-state index contributed by atoms with van der Waals surface area (Å²) in [6.45, 7) is 9.76. The molecule has 2 aliphatic heterocycles. The predicted octanol–water partition coefficient (Wildman–Crippen LogP) is 0.684. The normalized spacial score (nSPS) is 22.2. The monoisotopic (exact) mass is 289 g/mol.